The van der Waals surface area contributed by atoms with Crippen molar-refractivity contribution < 1.29 is 28.2 Å². The van der Waals surface area contributed by atoms with Crippen LogP contribution >= 0.6 is 0 Å². The minimum atomic E-state index is -0.676. The lowest BCUT2D eigenvalue weighted by Crippen LogP contribution is -2.59. The number of ether oxygens (including phenoxy) is 2. The molecule has 3 amide bonds. The number of rotatable bonds is 6. The fourth-order valence-corrected chi connectivity index (χ4v) is 5.61. The highest BCUT2D eigenvalue weighted by Crippen LogP contribution is 2.29. The average Bonchev–Trinajstić information content (AvgIpc) is 2.99. The first kappa shape index (κ1) is 32.2. The van der Waals surface area contributed by atoms with Gasteiger partial charge in [0.15, 0.2) is 0 Å². The van der Waals surface area contributed by atoms with Gasteiger partial charge >= 0.3 is 6.09 Å². The second-order valence-electron chi connectivity index (χ2n) is 12.4. The number of benzene rings is 3. The van der Waals surface area contributed by atoms with Gasteiger partial charge in [0.2, 0.25) is 0 Å². The Bertz CT molecular complexity index is 1780. The summed E-state index contributed by atoms with van der Waals surface area (Å²) in [6, 6.07) is 18.1. The molecule has 2 N–H and O–H groups in total. The molecule has 1 fully saturated rings. The highest BCUT2D eigenvalue weighted by molar-refractivity contribution is 6.07. The molecule has 4 aromatic rings. The monoisotopic (exact) mass is 627 g/mol. The lowest BCUT2D eigenvalue weighted by Gasteiger charge is -2.45. The van der Waals surface area contributed by atoms with Crippen LogP contribution in [0.3, 0.4) is 0 Å². The van der Waals surface area contributed by atoms with Crippen LogP contribution in [-0.4, -0.2) is 65.6 Å². The Morgan fingerprint density at radius 2 is 1.61 bits per heavy atom. The third-order valence-corrected chi connectivity index (χ3v) is 7.62. The first-order valence-corrected chi connectivity index (χ1v) is 15.1. The van der Waals surface area contributed by atoms with Gasteiger partial charge < -0.3 is 25.0 Å². The fraction of sp³-hybridized carbons (Fsp3) is 0.314. The van der Waals surface area contributed by atoms with Gasteiger partial charge in [-0.15, -0.1) is 0 Å². The molecule has 2 heterocycles. The molecule has 1 saturated heterocycles. The number of nitrogens with zero attached hydrogens (tertiary/aromatic N) is 3. The van der Waals surface area contributed by atoms with Crippen LogP contribution in [-0.2, 0) is 4.74 Å². The molecule has 1 aliphatic rings. The number of hydrogen-bond donors (Lipinski definition) is 2. The molecule has 0 saturated carbocycles. The van der Waals surface area contributed by atoms with Gasteiger partial charge in [-0.1, -0.05) is 12.1 Å². The van der Waals surface area contributed by atoms with Gasteiger partial charge in [-0.3, -0.25) is 14.5 Å². The Balaban J connectivity index is 1.25. The minimum absolute atomic E-state index is 0.133. The molecule has 3 aromatic carbocycles. The molecular weight excluding hydrogens is 589 g/mol. The van der Waals surface area contributed by atoms with E-state index in [1.54, 1.807) is 48.3 Å². The number of carbonyl (C=O) groups excluding carboxylic acids is 3. The molecule has 0 bridgehead atoms. The Labute approximate surface area is 267 Å². The quantitative estimate of drug-likeness (QED) is 0.247. The predicted molar refractivity (Wildman–Crippen MR) is 175 cm³/mol. The Morgan fingerprint density at radius 1 is 0.891 bits per heavy atom. The van der Waals surface area contributed by atoms with E-state index in [1.807, 2.05) is 57.7 Å². The number of fused-ring (bicyclic) bond motifs is 1. The third-order valence-electron chi connectivity index (χ3n) is 7.62. The smallest absolute Gasteiger partial charge is 0.410 e. The van der Waals surface area contributed by atoms with E-state index in [0.29, 0.717) is 35.8 Å². The van der Waals surface area contributed by atoms with Crippen LogP contribution in [0.1, 0.15) is 55.3 Å². The minimum Gasteiger partial charge on any atom is -0.457 e. The van der Waals surface area contributed by atoms with Gasteiger partial charge in [0, 0.05) is 43.7 Å². The maximum Gasteiger partial charge on any atom is 0.410 e. The van der Waals surface area contributed by atoms with Crippen LogP contribution in [0.4, 0.5) is 20.7 Å². The Morgan fingerprint density at radius 3 is 2.28 bits per heavy atom. The van der Waals surface area contributed by atoms with Crippen LogP contribution in [0.25, 0.3) is 10.8 Å². The molecular formula is C35H38FN5O5. The van der Waals surface area contributed by atoms with Gasteiger partial charge in [0.1, 0.15) is 28.7 Å². The molecule has 0 aliphatic carbocycles. The van der Waals surface area contributed by atoms with Gasteiger partial charge in [-0.2, -0.15) is 0 Å². The summed E-state index contributed by atoms with van der Waals surface area (Å²) in [5, 5.41) is 6.90. The molecule has 1 aromatic heterocycles. The number of nitrogens with one attached hydrogen (secondary N) is 2. The van der Waals surface area contributed by atoms with E-state index in [9.17, 15) is 14.4 Å². The topological polar surface area (TPSA) is 113 Å². The van der Waals surface area contributed by atoms with Crippen molar-refractivity contribution in [3.05, 3.63) is 89.9 Å². The highest BCUT2D eigenvalue weighted by atomic mass is 19.1. The number of anilines is 2. The Kier molecular flexibility index (Phi) is 9.13. The van der Waals surface area contributed by atoms with E-state index in [1.165, 1.54) is 18.3 Å². The summed E-state index contributed by atoms with van der Waals surface area (Å²) in [7, 11) is 1.59. The van der Waals surface area contributed by atoms with Crippen LogP contribution in [0.5, 0.6) is 11.5 Å². The van der Waals surface area contributed by atoms with Crippen molar-refractivity contribution in [3.63, 3.8) is 0 Å². The van der Waals surface area contributed by atoms with E-state index in [-0.39, 0.29) is 35.5 Å². The van der Waals surface area contributed by atoms with Gasteiger partial charge in [-0.25, -0.2) is 14.2 Å². The zero-order chi connectivity index (χ0) is 33.2. The van der Waals surface area contributed by atoms with Crippen molar-refractivity contribution in [2.75, 3.05) is 30.4 Å². The first-order chi connectivity index (χ1) is 21.8. The number of carbonyl (C=O) groups is 3. The fourth-order valence-electron chi connectivity index (χ4n) is 5.61. The molecule has 1 aliphatic heterocycles. The van der Waals surface area contributed by atoms with Crippen molar-refractivity contribution in [3.8, 4) is 11.5 Å². The van der Waals surface area contributed by atoms with Crippen LogP contribution < -0.4 is 20.3 Å². The number of pyridine rings is 1. The summed E-state index contributed by atoms with van der Waals surface area (Å²) in [4.78, 5) is 45.9. The van der Waals surface area contributed by atoms with Crippen molar-refractivity contribution in [2.24, 2.45) is 0 Å². The number of hydrogen-bond acceptors (Lipinski definition) is 7. The lowest BCUT2D eigenvalue weighted by molar-refractivity contribution is 0.00563. The molecule has 11 heteroatoms. The summed E-state index contributed by atoms with van der Waals surface area (Å²) < 4.78 is 26.9. The number of halogens is 1. The first-order valence-electron chi connectivity index (χ1n) is 15.1. The zero-order valence-corrected chi connectivity index (χ0v) is 26.8. The summed E-state index contributed by atoms with van der Waals surface area (Å²) in [5.74, 6) is -0.377. The Hall–Kier alpha value is -5.19. The molecule has 240 valence electrons. The average molecular weight is 628 g/mol. The summed E-state index contributed by atoms with van der Waals surface area (Å²) in [6.07, 6.45) is 1.11. The largest absolute Gasteiger partial charge is 0.457 e. The lowest BCUT2D eigenvalue weighted by atomic mass is 10.0. The van der Waals surface area contributed by atoms with E-state index in [0.717, 1.165) is 10.8 Å². The molecule has 0 spiro atoms. The molecule has 0 radical (unpaired) electrons. The highest BCUT2D eigenvalue weighted by Gasteiger charge is 2.36. The number of aromatic nitrogens is 1. The van der Waals surface area contributed by atoms with E-state index in [2.05, 4.69) is 15.6 Å². The van der Waals surface area contributed by atoms with Crippen molar-refractivity contribution >= 4 is 40.2 Å². The van der Waals surface area contributed by atoms with Gasteiger partial charge in [-0.05, 0) is 93.9 Å². The SMILES string of the molecule is CNC(=O)c1cccc2cc(Oc3ccnc(NC(=O)c4ccc(N5C[C@@H](C)N(C(=O)OC(C)(C)C)[C@@H](C)C5)cc4F)c3)ccc12. The predicted octanol–water partition coefficient (Wildman–Crippen LogP) is 6.61. The van der Waals surface area contributed by atoms with E-state index in [4.69, 9.17) is 9.47 Å². The standard InChI is InChI=1S/C35H38FN5O5/c1-21-19-40(20-22(2)41(21)34(44)46-35(3,4)5)24-10-12-29(30(36)17-24)33(43)39-31-18-26(14-15-38-31)45-25-11-13-27-23(16-25)8-7-9-28(27)32(42)37-6/h7-18,21-22H,19-20H2,1-6H3,(H,37,42)(H,38,39,43)/t21-,22+. The maximum atomic E-state index is 15.3. The summed E-state index contributed by atoms with van der Waals surface area (Å²) in [6.45, 7) is 10.3. The van der Waals surface area contributed by atoms with Crippen molar-refractivity contribution in [1.82, 2.24) is 15.2 Å². The second kappa shape index (κ2) is 13.0. The van der Waals surface area contributed by atoms with E-state index >= 15 is 4.39 Å². The second-order valence-corrected chi connectivity index (χ2v) is 12.4. The van der Waals surface area contributed by atoms with Gasteiger partial charge in [0.25, 0.3) is 11.8 Å². The maximum absolute atomic E-state index is 15.3. The molecule has 0 unspecified atom stereocenters. The van der Waals surface area contributed by atoms with Crippen LogP contribution in [0, 0.1) is 5.82 Å². The summed E-state index contributed by atoms with van der Waals surface area (Å²) >= 11 is 0. The summed E-state index contributed by atoms with van der Waals surface area (Å²) in [5.41, 5.74) is 0.440. The van der Waals surface area contributed by atoms with Crippen molar-refractivity contribution in [1.29, 1.82) is 0 Å². The van der Waals surface area contributed by atoms with E-state index < -0.39 is 17.3 Å². The third kappa shape index (κ3) is 7.20. The molecule has 46 heavy (non-hydrogen) atoms. The normalized spacial score (nSPS) is 16.6. The number of amides is 3. The molecule has 2 atom stereocenters. The van der Waals surface area contributed by atoms with Crippen LogP contribution in [0.15, 0.2) is 72.9 Å². The number of piperazine rings is 1. The van der Waals surface area contributed by atoms with Gasteiger partial charge in [0.05, 0.1) is 17.6 Å². The van der Waals surface area contributed by atoms with Crippen molar-refractivity contribution in [2.45, 2.75) is 52.3 Å². The zero-order valence-electron chi connectivity index (χ0n) is 26.8. The van der Waals surface area contributed by atoms with Crippen LogP contribution in [0.2, 0.25) is 0 Å². The molecule has 10 nitrogen and oxygen atoms in total. The molecule has 5 rings (SSSR count).